The van der Waals surface area contributed by atoms with Gasteiger partial charge in [-0.2, -0.15) is 0 Å². The topological polar surface area (TPSA) is 21.3 Å². The van der Waals surface area contributed by atoms with E-state index in [1.165, 1.54) is 15.6 Å². The van der Waals surface area contributed by atoms with E-state index in [9.17, 15) is 0 Å². The van der Waals surface area contributed by atoms with Crippen molar-refractivity contribution < 1.29 is 4.74 Å². The maximum atomic E-state index is 5.43. The Morgan fingerprint density at radius 2 is 2.40 bits per heavy atom. The van der Waals surface area contributed by atoms with Gasteiger partial charge in [-0.3, -0.25) is 0 Å². The standard InChI is InChI=1S/C12H16BrNO/c1-9-2-3-10(7-12(9)13)6-11-8-15-5-4-14-11/h2-3,7,11,14H,4-6,8H2,1H3. The van der Waals surface area contributed by atoms with Crippen LogP contribution in [0.1, 0.15) is 11.1 Å². The molecule has 1 saturated heterocycles. The summed E-state index contributed by atoms with van der Waals surface area (Å²) >= 11 is 3.56. The highest BCUT2D eigenvalue weighted by atomic mass is 79.9. The summed E-state index contributed by atoms with van der Waals surface area (Å²) < 4.78 is 6.63. The third-order valence-electron chi connectivity index (χ3n) is 2.72. The molecule has 1 heterocycles. The van der Waals surface area contributed by atoms with Gasteiger partial charge in [-0.15, -0.1) is 0 Å². The lowest BCUT2D eigenvalue weighted by atomic mass is 10.0. The predicted octanol–water partition coefficient (Wildman–Crippen LogP) is 2.29. The first-order chi connectivity index (χ1) is 7.25. The van der Waals surface area contributed by atoms with Gasteiger partial charge in [-0.1, -0.05) is 28.1 Å². The highest BCUT2D eigenvalue weighted by Gasteiger charge is 2.13. The van der Waals surface area contributed by atoms with E-state index in [4.69, 9.17) is 4.74 Å². The zero-order chi connectivity index (χ0) is 10.7. The van der Waals surface area contributed by atoms with Crippen molar-refractivity contribution in [3.8, 4) is 0 Å². The van der Waals surface area contributed by atoms with E-state index in [1.54, 1.807) is 0 Å². The minimum absolute atomic E-state index is 0.466. The Labute approximate surface area is 99.1 Å². The smallest absolute Gasteiger partial charge is 0.0623 e. The molecule has 2 rings (SSSR count). The average Bonchev–Trinajstić information content (AvgIpc) is 2.25. The summed E-state index contributed by atoms with van der Waals surface area (Å²) in [5, 5.41) is 3.46. The maximum absolute atomic E-state index is 5.43. The summed E-state index contributed by atoms with van der Waals surface area (Å²) in [7, 11) is 0. The van der Waals surface area contributed by atoms with Gasteiger partial charge < -0.3 is 10.1 Å². The lowest BCUT2D eigenvalue weighted by Crippen LogP contribution is -2.42. The summed E-state index contributed by atoms with van der Waals surface area (Å²) in [5.74, 6) is 0. The molecule has 2 nitrogen and oxygen atoms in total. The zero-order valence-electron chi connectivity index (χ0n) is 8.92. The van der Waals surface area contributed by atoms with Gasteiger partial charge in [0.05, 0.1) is 13.2 Å². The predicted molar refractivity (Wildman–Crippen MR) is 65.2 cm³/mol. The van der Waals surface area contributed by atoms with Crippen molar-refractivity contribution >= 4 is 15.9 Å². The fraction of sp³-hybridized carbons (Fsp3) is 0.500. The molecule has 0 radical (unpaired) electrons. The van der Waals surface area contributed by atoms with Crippen molar-refractivity contribution in [3.05, 3.63) is 33.8 Å². The molecule has 82 valence electrons. The van der Waals surface area contributed by atoms with Gasteiger partial charge >= 0.3 is 0 Å². The van der Waals surface area contributed by atoms with E-state index in [0.717, 1.165) is 26.2 Å². The second-order valence-corrected chi connectivity index (χ2v) is 4.87. The molecule has 1 fully saturated rings. The Balaban J connectivity index is 2.00. The summed E-state index contributed by atoms with van der Waals surface area (Å²) in [5.41, 5.74) is 2.64. The van der Waals surface area contributed by atoms with Crippen molar-refractivity contribution in [2.75, 3.05) is 19.8 Å². The highest BCUT2D eigenvalue weighted by Crippen LogP contribution is 2.18. The molecule has 1 aliphatic rings. The van der Waals surface area contributed by atoms with Crippen LogP contribution in [0.25, 0.3) is 0 Å². The molecule has 1 atom stereocenters. The van der Waals surface area contributed by atoms with E-state index in [-0.39, 0.29) is 0 Å². The Bertz CT molecular complexity index is 334. The number of ether oxygens (including phenoxy) is 1. The molecule has 0 aliphatic carbocycles. The minimum atomic E-state index is 0.466. The van der Waals surface area contributed by atoms with Gasteiger partial charge in [-0.05, 0) is 30.5 Å². The van der Waals surface area contributed by atoms with Gasteiger partial charge in [-0.25, -0.2) is 0 Å². The first-order valence-electron chi connectivity index (χ1n) is 5.32. The number of aryl methyl sites for hydroxylation is 1. The van der Waals surface area contributed by atoms with Crippen LogP contribution in [-0.4, -0.2) is 25.8 Å². The van der Waals surface area contributed by atoms with E-state index in [0.29, 0.717) is 6.04 Å². The lowest BCUT2D eigenvalue weighted by molar-refractivity contribution is 0.0770. The molecule has 0 saturated carbocycles. The normalized spacial score (nSPS) is 21.6. The van der Waals surface area contributed by atoms with E-state index in [2.05, 4.69) is 46.4 Å². The van der Waals surface area contributed by atoms with E-state index in [1.807, 2.05) is 0 Å². The van der Waals surface area contributed by atoms with E-state index < -0.39 is 0 Å². The molecule has 1 N–H and O–H groups in total. The van der Waals surface area contributed by atoms with Crippen molar-refractivity contribution in [3.63, 3.8) is 0 Å². The molecule has 1 aromatic rings. The third-order valence-corrected chi connectivity index (χ3v) is 3.57. The Kier molecular flexibility index (Phi) is 3.78. The van der Waals surface area contributed by atoms with Gasteiger partial charge in [0.2, 0.25) is 0 Å². The van der Waals surface area contributed by atoms with Crippen LogP contribution >= 0.6 is 15.9 Å². The fourth-order valence-electron chi connectivity index (χ4n) is 1.80. The number of hydrogen-bond acceptors (Lipinski definition) is 2. The van der Waals surface area contributed by atoms with Crippen molar-refractivity contribution in [1.82, 2.24) is 5.32 Å². The second-order valence-electron chi connectivity index (χ2n) is 4.01. The summed E-state index contributed by atoms with van der Waals surface area (Å²) in [6, 6.07) is 7.01. The largest absolute Gasteiger partial charge is 0.379 e. The molecule has 3 heteroatoms. The van der Waals surface area contributed by atoms with Crippen LogP contribution in [0.3, 0.4) is 0 Å². The van der Waals surface area contributed by atoms with Crippen molar-refractivity contribution in [1.29, 1.82) is 0 Å². The van der Waals surface area contributed by atoms with Crippen LogP contribution in [-0.2, 0) is 11.2 Å². The number of nitrogens with one attached hydrogen (secondary N) is 1. The van der Waals surface area contributed by atoms with Gasteiger partial charge in [0.15, 0.2) is 0 Å². The van der Waals surface area contributed by atoms with Gasteiger partial charge in [0, 0.05) is 17.1 Å². The Hall–Kier alpha value is -0.380. The minimum Gasteiger partial charge on any atom is -0.379 e. The maximum Gasteiger partial charge on any atom is 0.0623 e. The third kappa shape index (κ3) is 3.03. The number of hydrogen-bond donors (Lipinski definition) is 1. The van der Waals surface area contributed by atoms with Gasteiger partial charge in [0.25, 0.3) is 0 Å². The molecule has 1 aromatic carbocycles. The van der Waals surface area contributed by atoms with Gasteiger partial charge in [0.1, 0.15) is 0 Å². The first kappa shape index (κ1) is 11.1. The summed E-state index contributed by atoms with van der Waals surface area (Å²) in [4.78, 5) is 0. The van der Waals surface area contributed by atoms with E-state index >= 15 is 0 Å². The quantitative estimate of drug-likeness (QED) is 0.890. The molecule has 0 amide bonds. The van der Waals surface area contributed by atoms with Crippen LogP contribution < -0.4 is 5.32 Å². The molecule has 0 spiro atoms. The first-order valence-corrected chi connectivity index (χ1v) is 6.11. The van der Waals surface area contributed by atoms with Crippen LogP contribution in [0.2, 0.25) is 0 Å². The van der Waals surface area contributed by atoms with Crippen LogP contribution in [0.15, 0.2) is 22.7 Å². The number of halogens is 1. The molecule has 0 bridgehead atoms. The van der Waals surface area contributed by atoms with Crippen LogP contribution in [0.4, 0.5) is 0 Å². The molecule has 0 aromatic heterocycles. The lowest BCUT2D eigenvalue weighted by Gasteiger charge is -2.23. The molecule has 1 aliphatic heterocycles. The van der Waals surface area contributed by atoms with Crippen molar-refractivity contribution in [2.24, 2.45) is 0 Å². The molecule has 15 heavy (non-hydrogen) atoms. The summed E-state index contributed by atoms with van der Waals surface area (Å²) in [6.07, 6.45) is 1.04. The van der Waals surface area contributed by atoms with Crippen molar-refractivity contribution in [2.45, 2.75) is 19.4 Å². The average molecular weight is 270 g/mol. The number of morpholine rings is 1. The van der Waals surface area contributed by atoms with Crippen LogP contribution in [0.5, 0.6) is 0 Å². The molecule has 1 unspecified atom stereocenters. The SMILES string of the molecule is Cc1ccc(CC2COCCN2)cc1Br. The Morgan fingerprint density at radius 1 is 1.53 bits per heavy atom. The zero-order valence-corrected chi connectivity index (χ0v) is 10.5. The fourth-order valence-corrected chi connectivity index (χ4v) is 2.22. The molecular weight excluding hydrogens is 254 g/mol. The van der Waals surface area contributed by atoms with Crippen LogP contribution in [0, 0.1) is 6.92 Å². The second kappa shape index (κ2) is 5.10. The summed E-state index contributed by atoms with van der Waals surface area (Å²) in [6.45, 7) is 4.74. The monoisotopic (exact) mass is 269 g/mol. The molecular formula is C12H16BrNO. The number of benzene rings is 1. The Morgan fingerprint density at radius 3 is 3.07 bits per heavy atom. The number of rotatable bonds is 2. The highest BCUT2D eigenvalue weighted by molar-refractivity contribution is 9.10.